The van der Waals surface area contributed by atoms with Crippen molar-refractivity contribution in [1.82, 2.24) is 5.32 Å². The van der Waals surface area contributed by atoms with E-state index in [4.69, 9.17) is 14.2 Å². The number of amides is 1. The molecule has 0 aliphatic rings. The fraction of sp³-hybridized carbons (Fsp3) is 0.222. The molecule has 132 valence electrons. The molecule has 0 atom stereocenters. The van der Waals surface area contributed by atoms with Crippen LogP contribution in [0.1, 0.15) is 10.4 Å². The van der Waals surface area contributed by atoms with E-state index in [1.807, 2.05) is 23.6 Å². The number of methoxy groups -OCH3 is 2. The number of ether oxygens (including phenoxy) is 3. The van der Waals surface area contributed by atoms with E-state index in [0.29, 0.717) is 18.0 Å². The van der Waals surface area contributed by atoms with E-state index >= 15 is 0 Å². The minimum absolute atomic E-state index is 0.293. The summed E-state index contributed by atoms with van der Waals surface area (Å²) in [5.74, 6) is 0.255. The van der Waals surface area contributed by atoms with Crippen molar-refractivity contribution in [1.29, 1.82) is 0 Å². The maximum absolute atomic E-state index is 11.8. The highest BCUT2D eigenvalue weighted by Crippen LogP contribution is 2.27. The highest BCUT2D eigenvalue weighted by Gasteiger charge is 2.07. The number of thiophene rings is 1. The Hall–Kier alpha value is -2.80. The van der Waals surface area contributed by atoms with Crippen molar-refractivity contribution in [2.75, 3.05) is 20.8 Å². The number of rotatable bonds is 8. The van der Waals surface area contributed by atoms with Crippen molar-refractivity contribution in [2.24, 2.45) is 0 Å². The summed E-state index contributed by atoms with van der Waals surface area (Å²) in [6.45, 7) is -0.0390. The highest BCUT2D eigenvalue weighted by molar-refractivity contribution is 7.10. The Labute approximate surface area is 150 Å². The van der Waals surface area contributed by atoms with E-state index < -0.39 is 5.97 Å². The van der Waals surface area contributed by atoms with Crippen LogP contribution in [0.5, 0.6) is 11.5 Å². The summed E-state index contributed by atoms with van der Waals surface area (Å²) >= 11 is 1.51. The lowest BCUT2D eigenvalue weighted by Crippen LogP contribution is -2.28. The quantitative estimate of drug-likeness (QED) is 0.578. The number of benzene rings is 1. The van der Waals surface area contributed by atoms with Gasteiger partial charge in [0.1, 0.15) is 0 Å². The van der Waals surface area contributed by atoms with Gasteiger partial charge >= 0.3 is 5.97 Å². The van der Waals surface area contributed by atoms with Crippen LogP contribution in [0.25, 0.3) is 6.08 Å². The lowest BCUT2D eigenvalue weighted by molar-refractivity contribution is -0.143. The summed E-state index contributed by atoms with van der Waals surface area (Å²) in [5, 5.41) is 4.59. The van der Waals surface area contributed by atoms with Crippen molar-refractivity contribution in [3.63, 3.8) is 0 Å². The van der Waals surface area contributed by atoms with Crippen LogP contribution in [0, 0.1) is 0 Å². The number of nitrogens with one attached hydrogen (secondary N) is 1. The molecule has 0 saturated carbocycles. The monoisotopic (exact) mass is 361 g/mol. The molecule has 1 aromatic carbocycles. The second kappa shape index (κ2) is 9.48. The van der Waals surface area contributed by atoms with Gasteiger partial charge < -0.3 is 19.5 Å². The predicted molar refractivity (Wildman–Crippen MR) is 95.7 cm³/mol. The molecule has 0 fully saturated rings. The fourth-order valence-corrected chi connectivity index (χ4v) is 2.58. The van der Waals surface area contributed by atoms with Gasteiger partial charge in [0.25, 0.3) is 5.91 Å². The topological polar surface area (TPSA) is 73.9 Å². The van der Waals surface area contributed by atoms with Crippen molar-refractivity contribution < 1.29 is 23.8 Å². The van der Waals surface area contributed by atoms with Crippen molar-refractivity contribution in [3.05, 3.63) is 52.2 Å². The summed E-state index contributed by atoms with van der Waals surface area (Å²) in [7, 11) is 3.10. The number of carbonyl (C=O) groups excluding carboxylic acids is 2. The largest absolute Gasteiger partial charge is 0.493 e. The summed E-state index contributed by atoms with van der Waals surface area (Å²) in [4.78, 5) is 24.3. The molecule has 7 heteroatoms. The van der Waals surface area contributed by atoms with Crippen LogP contribution in [0.3, 0.4) is 0 Å². The first-order valence-corrected chi connectivity index (χ1v) is 8.36. The SMILES string of the molecule is COc1ccc(CNC(=O)COC(=O)/C=C/c2cccs2)cc1OC. The van der Waals surface area contributed by atoms with Crippen LogP contribution in [-0.4, -0.2) is 32.7 Å². The molecule has 0 radical (unpaired) electrons. The number of carbonyl (C=O) groups is 2. The molecule has 2 rings (SSSR count). The van der Waals surface area contributed by atoms with Gasteiger partial charge in [-0.3, -0.25) is 4.79 Å². The normalized spacial score (nSPS) is 10.5. The Kier molecular flexibility index (Phi) is 7.03. The van der Waals surface area contributed by atoms with Crippen LogP contribution < -0.4 is 14.8 Å². The van der Waals surface area contributed by atoms with E-state index in [1.54, 1.807) is 32.4 Å². The molecule has 1 N–H and O–H groups in total. The molecule has 0 aliphatic heterocycles. The van der Waals surface area contributed by atoms with Gasteiger partial charge in [-0.25, -0.2) is 4.79 Å². The third kappa shape index (κ3) is 5.96. The van der Waals surface area contributed by atoms with Gasteiger partial charge in [0, 0.05) is 17.5 Å². The second-order valence-corrected chi connectivity index (χ2v) is 5.90. The average molecular weight is 361 g/mol. The van der Waals surface area contributed by atoms with Gasteiger partial charge in [-0.2, -0.15) is 0 Å². The zero-order chi connectivity index (χ0) is 18.1. The summed E-state index contributed by atoms with van der Waals surface area (Å²) in [6, 6.07) is 9.11. The van der Waals surface area contributed by atoms with Crippen LogP contribution >= 0.6 is 11.3 Å². The Morgan fingerprint density at radius 1 is 1.16 bits per heavy atom. The van der Waals surface area contributed by atoms with Crippen LogP contribution in [-0.2, 0) is 20.9 Å². The predicted octanol–water partition coefficient (Wildman–Crippen LogP) is 2.64. The van der Waals surface area contributed by atoms with Crippen molar-refractivity contribution in [2.45, 2.75) is 6.54 Å². The lowest BCUT2D eigenvalue weighted by Gasteiger charge is -2.10. The molecule has 0 spiro atoms. The van der Waals surface area contributed by atoms with Crippen molar-refractivity contribution >= 4 is 29.3 Å². The molecule has 25 heavy (non-hydrogen) atoms. The first-order chi connectivity index (χ1) is 12.1. The van der Waals surface area contributed by atoms with Crippen LogP contribution in [0.15, 0.2) is 41.8 Å². The van der Waals surface area contributed by atoms with Gasteiger partial charge in [-0.1, -0.05) is 12.1 Å². The average Bonchev–Trinajstić information content (AvgIpc) is 3.16. The maximum atomic E-state index is 11.8. The minimum Gasteiger partial charge on any atom is -0.493 e. The molecule has 1 amide bonds. The van der Waals surface area contributed by atoms with Crippen LogP contribution in [0.4, 0.5) is 0 Å². The first-order valence-electron chi connectivity index (χ1n) is 7.48. The molecule has 0 aliphatic carbocycles. The van der Waals surface area contributed by atoms with Gasteiger partial charge in [-0.05, 0) is 35.2 Å². The molecule has 1 heterocycles. The summed E-state index contributed by atoms with van der Waals surface area (Å²) < 4.78 is 15.3. The van der Waals surface area contributed by atoms with Crippen LogP contribution in [0.2, 0.25) is 0 Å². The lowest BCUT2D eigenvalue weighted by atomic mass is 10.2. The molecule has 0 bridgehead atoms. The molecule has 0 unspecified atom stereocenters. The second-order valence-electron chi connectivity index (χ2n) is 4.92. The standard InChI is InChI=1S/C18H19NO5S/c1-22-15-7-5-13(10-16(15)23-2)11-19-17(20)12-24-18(21)8-6-14-4-3-9-25-14/h3-10H,11-12H2,1-2H3,(H,19,20)/b8-6+. The van der Waals surface area contributed by atoms with E-state index in [2.05, 4.69) is 5.32 Å². The first kappa shape index (κ1) is 18.5. The molecule has 6 nitrogen and oxygen atoms in total. The maximum Gasteiger partial charge on any atom is 0.331 e. The molecule has 0 saturated heterocycles. The zero-order valence-electron chi connectivity index (χ0n) is 14.0. The summed E-state index contributed by atoms with van der Waals surface area (Å²) in [5.41, 5.74) is 0.843. The summed E-state index contributed by atoms with van der Waals surface area (Å²) in [6.07, 6.45) is 2.95. The van der Waals surface area contributed by atoms with Gasteiger partial charge in [-0.15, -0.1) is 11.3 Å². The van der Waals surface area contributed by atoms with E-state index in [9.17, 15) is 9.59 Å². The van der Waals surface area contributed by atoms with Gasteiger partial charge in [0.2, 0.25) is 0 Å². The molecule has 2 aromatic rings. The van der Waals surface area contributed by atoms with E-state index in [1.165, 1.54) is 17.4 Å². The van der Waals surface area contributed by atoms with Gasteiger partial charge in [0.15, 0.2) is 18.1 Å². The van der Waals surface area contributed by atoms with E-state index in [-0.39, 0.29) is 12.5 Å². The van der Waals surface area contributed by atoms with Gasteiger partial charge in [0.05, 0.1) is 14.2 Å². The Morgan fingerprint density at radius 2 is 1.96 bits per heavy atom. The molecular weight excluding hydrogens is 342 g/mol. The smallest absolute Gasteiger partial charge is 0.331 e. The number of esters is 1. The third-order valence-electron chi connectivity index (χ3n) is 3.21. The molecular formula is C18H19NO5S. The molecule has 1 aromatic heterocycles. The minimum atomic E-state index is -0.560. The fourth-order valence-electron chi connectivity index (χ4n) is 1.96. The zero-order valence-corrected chi connectivity index (χ0v) is 14.8. The Bertz CT molecular complexity index is 740. The Morgan fingerprint density at radius 3 is 2.64 bits per heavy atom. The Balaban J connectivity index is 1.76. The van der Waals surface area contributed by atoms with Crippen molar-refractivity contribution in [3.8, 4) is 11.5 Å². The number of hydrogen-bond acceptors (Lipinski definition) is 6. The number of hydrogen-bond donors (Lipinski definition) is 1. The highest BCUT2D eigenvalue weighted by atomic mass is 32.1. The third-order valence-corrected chi connectivity index (χ3v) is 4.05. The van der Waals surface area contributed by atoms with E-state index in [0.717, 1.165) is 10.4 Å².